The van der Waals surface area contributed by atoms with Gasteiger partial charge in [-0.05, 0) is 24.1 Å². The highest BCUT2D eigenvalue weighted by molar-refractivity contribution is 6.03. The van der Waals surface area contributed by atoms with Gasteiger partial charge in [-0.2, -0.15) is 0 Å². The molecular formula is C18H18N2O2. The van der Waals surface area contributed by atoms with E-state index in [0.29, 0.717) is 6.42 Å². The summed E-state index contributed by atoms with van der Waals surface area (Å²) in [6.07, 6.45) is 0.755. The van der Waals surface area contributed by atoms with Crippen molar-refractivity contribution in [2.75, 3.05) is 4.90 Å². The molecule has 22 heavy (non-hydrogen) atoms. The molecule has 0 aliphatic carbocycles. The van der Waals surface area contributed by atoms with E-state index in [2.05, 4.69) is 0 Å². The number of nitrogens with zero attached hydrogens (tertiary/aromatic N) is 1. The normalized spacial score (nSPS) is 16.4. The van der Waals surface area contributed by atoms with E-state index in [1.807, 2.05) is 55.5 Å². The standard InChI is InChI=1S/C18H18N2O2/c1-12-5-4-6-13(9-12)10-17(21)20-15-8-3-2-7-14(15)11-16(20)18(19)22/h2-9,16H,10-11H2,1H3,(H2,19,22)/t16-/m1/s1. The lowest BCUT2D eigenvalue weighted by Gasteiger charge is -2.23. The lowest BCUT2D eigenvalue weighted by Crippen LogP contribution is -2.46. The van der Waals surface area contributed by atoms with Crippen LogP contribution in [0.25, 0.3) is 0 Å². The van der Waals surface area contributed by atoms with Gasteiger partial charge in [0.2, 0.25) is 11.8 Å². The summed E-state index contributed by atoms with van der Waals surface area (Å²) in [4.78, 5) is 26.0. The fourth-order valence-electron chi connectivity index (χ4n) is 3.00. The van der Waals surface area contributed by atoms with Gasteiger partial charge < -0.3 is 5.73 Å². The van der Waals surface area contributed by atoms with Gasteiger partial charge in [-0.25, -0.2) is 0 Å². The maximum atomic E-state index is 12.7. The number of benzene rings is 2. The zero-order chi connectivity index (χ0) is 15.7. The van der Waals surface area contributed by atoms with Crippen LogP contribution in [-0.2, 0) is 22.4 Å². The Morgan fingerprint density at radius 1 is 1.18 bits per heavy atom. The van der Waals surface area contributed by atoms with E-state index in [4.69, 9.17) is 5.73 Å². The summed E-state index contributed by atoms with van der Waals surface area (Å²) in [7, 11) is 0. The molecule has 0 fully saturated rings. The van der Waals surface area contributed by atoms with Crippen LogP contribution in [0, 0.1) is 6.92 Å². The number of carbonyl (C=O) groups excluding carboxylic acids is 2. The smallest absolute Gasteiger partial charge is 0.240 e. The number of fused-ring (bicyclic) bond motifs is 1. The zero-order valence-electron chi connectivity index (χ0n) is 12.5. The Kier molecular flexibility index (Phi) is 3.67. The molecule has 0 unspecified atom stereocenters. The van der Waals surface area contributed by atoms with Crippen molar-refractivity contribution < 1.29 is 9.59 Å². The summed E-state index contributed by atoms with van der Waals surface area (Å²) < 4.78 is 0. The van der Waals surface area contributed by atoms with Crippen molar-refractivity contribution in [2.24, 2.45) is 5.73 Å². The number of aryl methyl sites for hydroxylation is 1. The monoisotopic (exact) mass is 294 g/mol. The minimum atomic E-state index is -0.588. The number of primary amides is 1. The van der Waals surface area contributed by atoms with E-state index in [9.17, 15) is 9.59 Å². The molecule has 0 saturated heterocycles. The Labute approximate surface area is 129 Å². The summed E-state index contributed by atoms with van der Waals surface area (Å²) >= 11 is 0. The molecule has 1 aliphatic heterocycles. The Hall–Kier alpha value is -2.62. The topological polar surface area (TPSA) is 63.4 Å². The summed E-state index contributed by atoms with van der Waals surface area (Å²) in [6.45, 7) is 1.99. The van der Waals surface area contributed by atoms with E-state index in [0.717, 1.165) is 22.4 Å². The maximum Gasteiger partial charge on any atom is 0.240 e. The molecule has 0 aromatic heterocycles. The second-order valence-corrected chi connectivity index (χ2v) is 5.68. The fourth-order valence-corrected chi connectivity index (χ4v) is 3.00. The average Bonchev–Trinajstić information content (AvgIpc) is 2.87. The number of nitrogens with two attached hydrogens (primary N) is 1. The number of rotatable bonds is 3. The van der Waals surface area contributed by atoms with Crippen LogP contribution < -0.4 is 10.6 Å². The molecule has 0 radical (unpaired) electrons. The van der Waals surface area contributed by atoms with Crippen molar-refractivity contribution in [3.8, 4) is 0 Å². The molecule has 2 aromatic rings. The number of amides is 2. The van der Waals surface area contributed by atoms with E-state index < -0.39 is 11.9 Å². The first-order valence-electron chi connectivity index (χ1n) is 7.31. The first kappa shape index (κ1) is 14.3. The lowest BCUT2D eigenvalue weighted by atomic mass is 10.1. The highest BCUT2D eigenvalue weighted by Crippen LogP contribution is 2.32. The van der Waals surface area contributed by atoms with Crippen LogP contribution in [0.3, 0.4) is 0 Å². The zero-order valence-corrected chi connectivity index (χ0v) is 12.5. The third-order valence-electron chi connectivity index (χ3n) is 4.01. The first-order chi connectivity index (χ1) is 10.6. The van der Waals surface area contributed by atoms with Crippen LogP contribution in [0.1, 0.15) is 16.7 Å². The molecule has 1 atom stereocenters. The summed E-state index contributed by atoms with van der Waals surface area (Å²) in [5.41, 5.74) is 9.33. The molecule has 0 spiro atoms. The Morgan fingerprint density at radius 2 is 1.95 bits per heavy atom. The van der Waals surface area contributed by atoms with Gasteiger partial charge in [0.1, 0.15) is 6.04 Å². The second kappa shape index (κ2) is 5.64. The van der Waals surface area contributed by atoms with Crippen LogP contribution in [-0.4, -0.2) is 17.9 Å². The quantitative estimate of drug-likeness (QED) is 0.941. The highest BCUT2D eigenvalue weighted by atomic mass is 16.2. The predicted molar refractivity (Wildman–Crippen MR) is 85.5 cm³/mol. The van der Waals surface area contributed by atoms with Gasteiger partial charge in [-0.3, -0.25) is 14.5 Å². The van der Waals surface area contributed by atoms with Gasteiger partial charge in [0.05, 0.1) is 6.42 Å². The molecular weight excluding hydrogens is 276 g/mol. The van der Waals surface area contributed by atoms with E-state index in [1.165, 1.54) is 0 Å². The minimum Gasteiger partial charge on any atom is -0.368 e. The highest BCUT2D eigenvalue weighted by Gasteiger charge is 2.36. The van der Waals surface area contributed by atoms with Crippen LogP contribution in [0.2, 0.25) is 0 Å². The number of hydrogen-bond donors (Lipinski definition) is 1. The van der Waals surface area contributed by atoms with E-state index in [-0.39, 0.29) is 12.3 Å². The Balaban J connectivity index is 1.90. The van der Waals surface area contributed by atoms with E-state index >= 15 is 0 Å². The second-order valence-electron chi connectivity index (χ2n) is 5.68. The van der Waals surface area contributed by atoms with Crippen molar-refractivity contribution in [2.45, 2.75) is 25.8 Å². The van der Waals surface area contributed by atoms with Crippen molar-refractivity contribution in [1.82, 2.24) is 0 Å². The number of anilines is 1. The molecule has 112 valence electrons. The Morgan fingerprint density at radius 3 is 2.68 bits per heavy atom. The van der Waals surface area contributed by atoms with Crippen LogP contribution in [0.4, 0.5) is 5.69 Å². The number of carbonyl (C=O) groups is 2. The molecule has 2 aromatic carbocycles. The minimum absolute atomic E-state index is 0.0978. The van der Waals surface area contributed by atoms with Crippen LogP contribution in [0.15, 0.2) is 48.5 Å². The predicted octanol–water partition coefficient (Wildman–Crippen LogP) is 1.98. The van der Waals surface area contributed by atoms with Crippen molar-refractivity contribution >= 4 is 17.5 Å². The third-order valence-corrected chi connectivity index (χ3v) is 4.01. The molecule has 1 heterocycles. The molecule has 2 amide bonds. The van der Waals surface area contributed by atoms with Gasteiger partial charge in [-0.15, -0.1) is 0 Å². The SMILES string of the molecule is Cc1cccc(CC(=O)N2c3ccccc3C[C@@H]2C(N)=O)c1. The van der Waals surface area contributed by atoms with Gasteiger partial charge in [0.15, 0.2) is 0 Å². The number of para-hydroxylation sites is 1. The summed E-state index contributed by atoms with van der Waals surface area (Å²) in [6, 6.07) is 14.8. The van der Waals surface area contributed by atoms with Gasteiger partial charge in [0, 0.05) is 12.1 Å². The van der Waals surface area contributed by atoms with E-state index in [1.54, 1.807) is 4.90 Å². The lowest BCUT2D eigenvalue weighted by molar-refractivity contribution is -0.124. The van der Waals surface area contributed by atoms with Crippen molar-refractivity contribution in [1.29, 1.82) is 0 Å². The molecule has 3 rings (SSSR count). The van der Waals surface area contributed by atoms with Gasteiger partial charge in [-0.1, -0.05) is 48.0 Å². The van der Waals surface area contributed by atoms with Gasteiger partial charge >= 0.3 is 0 Å². The molecule has 4 nitrogen and oxygen atoms in total. The molecule has 4 heteroatoms. The van der Waals surface area contributed by atoms with Gasteiger partial charge in [0.25, 0.3) is 0 Å². The maximum absolute atomic E-state index is 12.7. The third kappa shape index (κ3) is 2.60. The largest absolute Gasteiger partial charge is 0.368 e. The van der Waals surface area contributed by atoms with Crippen LogP contribution >= 0.6 is 0 Å². The molecule has 1 aliphatic rings. The van der Waals surface area contributed by atoms with Crippen molar-refractivity contribution in [3.05, 3.63) is 65.2 Å². The van der Waals surface area contributed by atoms with Crippen LogP contribution in [0.5, 0.6) is 0 Å². The molecule has 2 N–H and O–H groups in total. The molecule has 0 saturated carbocycles. The summed E-state index contributed by atoms with van der Waals surface area (Å²) in [5.74, 6) is -0.562. The number of hydrogen-bond acceptors (Lipinski definition) is 2. The summed E-state index contributed by atoms with van der Waals surface area (Å²) in [5, 5.41) is 0. The average molecular weight is 294 g/mol. The van der Waals surface area contributed by atoms with Crippen molar-refractivity contribution in [3.63, 3.8) is 0 Å². The Bertz CT molecular complexity index is 739. The first-order valence-corrected chi connectivity index (χ1v) is 7.31. The fraction of sp³-hybridized carbons (Fsp3) is 0.222. The molecule has 0 bridgehead atoms.